The van der Waals surface area contributed by atoms with Gasteiger partial charge in [-0.3, -0.25) is 9.97 Å². The van der Waals surface area contributed by atoms with Crippen LogP contribution in [0.4, 0.5) is 20.2 Å². The highest BCUT2D eigenvalue weighted by Crippen LogP contribution is 2.50. The lowest BCUT2D eigenvalue weighted by Crippen LogP contribution is -2.39. The number of anilines is 2. The van der Waals surface area contributed by atoms with E-state index in [2.05, 4.69) is 26.3 Å². The van der Waals surface area contributed by atoms with Crippen LogP contribution >= 0.6 is 0 Å². The fraction of sp³-hybridized carbons (Fsp3) is 0.320. The van der Waals surface area contributed by atoms with E-state index in [1.54, 1.807) is 25.5 Å². The van der Waals surface area contributed by atoms with Crippen LogP contribution in [0.15, 0.2) is 30.7 Å². The molecule has 0 saturated carbocycles. The number of nitriles is 1. The number of nitrogens with one attached hydrogen (secondary N) is 1. The van der Waals surface area contributed by atoms with Gasteiger partial charge in [0.05, 0.1) is 16.9 Å². The van der Waals surface area contributed by atoms with Crippen molar-refractivity contribution in [2.45, 2.75) is 19.3 Å². The molecule has 2 aromatic heterocycles. The van der Waals surface area contributed by atoms with Gasteiger partial charge in [0.1, 0.15) is 6.07 Å². The van der Waals surface area contributed by atoms with E-state index in [-0.39, 0.29) is 5.56 Å². The van der Waals surface area contributed by atoms with E-state index in [9.17, 15) is 9.65 Å². The van der Waals surface area contributed by atoms with Crippen LogP contribution in [-0.4, -0.2) is 36.6 Å². The van der Waals surface area contributed by atoms with Gasteiger partial charge in [-0.2, -0.15) is 5.26 Å². The van der Waals surface area contributed by atoms with Gasteiger partial charge >= 0.3 is 0 Å². The highest BCUT2D eigenvalue weighted by molar-refractivity contribution is 5.96. The van der Waals surface area contributed by atoms with Gasteiger partial charge in [-0.1, -0.05) is 0 Å². The molecule has 1 atom stereocenters. The number of hydrogen-bond acceptors (Lipinski definition) is 6. The molecule has 5 rings (SSSR count). The van der Waals surface area contributed by atoms with E-state index in [4.69, 9.17) is 5.73 Å². The van der Waals surface area contributed by atoms with E-state index in [1.807, 2.05) is 0 Å². The number of piperidine rings is 1. The number of rotatable bonds is 4. The average molecular weight is 447 g/mol. The number of benzene rings is 1. The zero-order valence-corrected chi connectivity index (χ0v) is 18.3. The maximum absolute atomic E-state index is 15.3. The summed E-state index contributed by atoms with van der Waals surface area (Å²) in [6.45, 7) is 2.06. The van der Waals surface area contributed by atoms with Crippen molar-refractivity contribution in [1.82, 2.24) is 9.97 Å². The first-order chi connectivity index (χ1) is 16.0. The van der Waals surface area contributed by atoms with Crippen molar-refractivity contribution < 1.29 is 8.78 Å². The lowest BCUT2D eigenvalue weighted by Gasteiger charge is -2.36. The summed E-state index contributed by atoms with van der Waals surface area (Å²) in [7, 11) is 1.70. The van der Waals surface area contributed by atoms with Gasteiger partial charge in [0, 0.05) is 79.2 Å². The molecular weight excluding hydrogens is 422 g/mol. The molecule has 0 spiro atoms. The molecule has 0 radical (unpaired) electrons. The molecule has 6 nitrogen and oxygen atoms in total. The summed E-state index contributed by atoms with van der Waals surface area (Å²) in [5.74, 6) is -1.45. The number of hydrogen-bond donors (Lipinski definition) is 2. The Morgan fingerprint density at radius 1 is 1.24 bits per heavy atom. The first-order valence-electron chi connectivity index (χ1n) is 11.1. The Kier molecular flexibility index (Phi) is 5.43. The number of nitrogens with two attached hydrogens (primary N) is 1. The maximum Gasteiger partial charge on any atom is 0.167 e. The van der Waals surface area contributed by atoms with Crippen molar-refractivity contribution in [2.75, 3.05) is 36.9 Å². The molecule has 1 unspecified atom stereocenters. The Morgan fingerprint density at radius 2 is 2.09 bits per heavy atom. The molecule has 8 heteroatoms. The summed E-state index contributed by atoms with van der Waals surface area (Å²) in [6.07, 6.45) is 7.33. The fourth-order valence-electron chi connectivity index (χ4n) is 5.08. The normalized spacial score (nSPS) is 16.8. The lowest BCUT2D eigenvalue weighted by molar-refractivity contribution is 0.424. The lowest BCUT2D eigenvalue weighted by atomic mass is 9.93. The van der Waals surface area contributed by atoms with Gasteiger partial charge in [0.15, 0.2) is 11.6 Å². The second-order valence-corrected chi connectivity index (χ2v) is 8.61. The molecule has 1 aliphatic carbocycles. The highest BCUT2D eigenvalue weighted by atomic mass is 19.2. The summed E-state index contributed by atoms with van der Waals surface area (Å²) in [5, 5.41) is 12.4. The van der Waals surface area contributed by atoms with Gasteiger partial charge in [-0.25, -0.2) is 8.78 Å². The molecule has 0 amide bonds. The minimum absolute atomic E-state index is 0.262. The van der Waals surface area contributed by atoms with Crippen LogP contribution in [0.3, 0.4) is 0 Å². The van der Waals surface area contributed by atoms with E-state index >= 15 is 4.39 Å². The first-order valence-corrected chi connectivity index (χ1v) is 11.1. The Bertz CT molecular complexity index is 1280. The topological polar surface area (TPSA) is 90.9 Å². The molecule has 2 aliphatic rings. The Hall–Kier alpha value is -3.57. The summed E-state index contributed by atoms with van der Waals surface area (Å²) >= 11 is 0. The molecule has 168 valence electrons. The molecule has 1 fully saturated rings. The van der Waals surface area contributed by atoms with Crippen molar-refractivity contribution in [1.29, 1.82) is 5.26 Å². The zero-order valence-electron chi connectivity index (χ0n) is 18.3. The van der Waals surface area contributed by atoms with Crippen molar-refractivity contribution >= 4 is 11.4 Å². The number of halogens is 2. The SMILES string of the molecule is CNc1cc(F)c(F)c2c1Cc1ncc(-c3cncc(C#N)c3)c(N3CCCC(CN)C3)c1-2. The van der Waals surface area contributed by atoms with Crippen LogP contribution < -0.4 is 16.0 Å². The second kappa shape index (κ2) is 8.41. The third-order valence-corrected chi connectivity index (χ3v) is 6.67. The number of pyridine rings is 2. The predicted molar refractivity (Wildman–Crippen MR) is 124 cm³/mol. The van der Waals surface area contributed by atoms with E-state index in [0.29, 0.717) is 52.5 Å². The van der Waals surface area contributed by atoms with Crippen molar-refractivity contribution in [3.63, 3.8) is 0 Å². The van der Waals surface area contributed by atoms with Crippen molar-refractivity contribution in [3.8, 4) is 28.3 Å². The van der Waals surface area contributed by atoms with Crippen LogP contribution in [0.1, 0.15) is 29.7 Å². The summed E-state index contributed by atoms with van der Waals surface area (Å²) < 4.78 is 29.9. The summed E-state index contributed by atoms with van der Waals surface area (Å²) in [5.41, 5.74) is 11.5. The number of fused-ring (bicyclic) bond motifs is 3. The smallest absolute Gasteiger partial charge is 0.167 e. The Balaban J connectivity index is 1.80. The number of aromatic nitrogens is 2. The van der Waals surface area contributed by atoms with Crippen LogP contribution in [0.2, 0.25) is 0 Å². The molecule has 33 heavy (non-hydrogen) atoms. The Morgan fingerprint density at radius 3 is 2.85 bits per heavy atom. The quantitative estimate of drug-likeness (QED) is 0.491. The maximum atomic E-state index is 15.3. The summed E-state index contributed by atoms with van der Waals surface area (Å²) in [4.78, 5) is 11.1. The zero-order chi connectivity index (χ0) is 23.1. The minimum atomic E-state index is -0.895. The molecule has 3 N–H and O–H groups in total. The predicted octanol–water partition coefficient (Wildman–Crippen LogP) is 4.08. The number of nitrogens with zero attached hydrogens (tertiary/aromatic N) is 4. The van der Waals surface area contributed by atoms with Gasteiger partial charge < -0.3 is 16.0 Å². The van der Waals surface area contributed by atoms with E-state index in [1.165, 1.54) is 12.3 Å². The third-order valence-electron chi connectivity index (χ3n) is 6.67. The van der Waals surface area contributed by atoms with Crippen molar-refractivity contribution in [2.24, 2.45) is 11.7 Å². The van der Waals surface area contributed by atoms with Gasteiger partial charge in [-0.15, -0.1) is 0 Å². The van der Waals surface area contributed by atoms with Crippen LogP contribution in [-0.2, 0) is 6.42 Å². The third kappa shape index (κ3) is 3.49. The molecule has 3 aromatic rings. The standard InChI is InChI=1S/C25H24F2N6/c1-30-20-7-19(26)24(27)22-17(20)6-21-23(22)25(33-4-2-3-14(8-28)13-33)18(12-32-21)16-5-15(9-29)10-31-11-16/h5,7,10-12,14,30H,2-4,6,8,13,28H2,1H3. The molecule has 1 saturated heterocycles. The van der Waals surface area contributed by atoms with Crippen LogP contribution in [0, 0.1) is 28.9 Å². The minimum Gasteiger partial charge on any atom is -0.388 e. The van der Waals surface area contributed by atoms with E-state index in [0.717, 1.165) is 37.2 Å². The molecule has 0 bridgehead atoms. The van der Waals surface area contributed by atoms with Gasteiger partial charge in [0.2, 0.25) is 0 Å². The van der Waals surface area contributed by atoms with E-state index < -0.39 is 11.6 Å². The first kappa shape index (κ1) is 21.3. The van der Waals surface area contributed by atoms with Gasteiger partial charge in [0.25, 0.3) is 0 Å². The fourth-order valence-corrected chi connectivity index (χ4v) is 5.08. The van der Waals surface area contributed by atoms with Gasteiger partial charge in [-0.05, 0) is 36.9 Å². The average Bonchev–Trinajstić information content (AvgIpc) is 3.25. The van der Waals surface area contributed by atoms with Crippen molar-refractivity contribution in [3.05, 3.63) is 59.2 Å². The molecular formula is C25H24F2N6. The molecule has 3 heterocycles. The van der Waals surface area contributed by atoms with Crippen LogP contribution in [0.25, 0.3) is 22.3 Å². The summed E-state index contributed by atoms with van der Waals surface area (Å²) in [6, 6.07) is 5.07. The molecule has 1 aromatic carbocycles. The molecule has 1 aliphatic heterocycles. The monoisotopic (exact) mass is 446 g/mol. The largest absolute Gasteiger partial charge is 0.388 e. The second-order valence-electron chi connectivity index (χ2n) is 8.61. The van der Waals surface area contributed by atoms with Crippen LogP contribution in [0.5, 0.6) is 0 Å². The Labute approximate surface area is 191 Å². The highest BCUT2D eigenvalue weighted by Gasteiger charge is 2.34.